The summed E-state index contributed by atoms with van der Waals surface area (Å²) in [4.78, 5) is 4.64. The maximum Gasteiger partial charge on any atom is 0.0604 e. The molecule has 98 valence electrons. The van der Waals surface area contributed by atoms with E-state index in [1.54, 1.807) is 0 Å². The summed E-state index contributed by atoms with van der Waals surface area (Å²) in [5, 5.41) is 0. The predicted molar refractivity (Wildman–Crippen MR) is 80.4 cm³/mol. The summed E-state index contributed by atoms with van der Waals surface area (Å²) in [6.45, 7) is 12.4. The van der Waals surface area contributed by atoms with Crippen LogP contribution in [0.3, 0.4) is 0 Å². The predicted octanol–water partition coefficient (Wildman–Crippen LogP) is 3.93. The molecule has 17 heavy (non-hydrogen) atoms. The number of hydrogen-bond donors (Lipinski definition) is 0. The zero-order valence-electron chi connectivity index (χ0n) is 12.5. The molecule has 2 nitrogen and oxygen atoms in total. The van der Waals surface area contributed by atoms with Crippen LogP contribution in [0.1, 0.15) is 33.3 Å². The van der Waals surface area contributed by atoms with Crippen LogP contribution in [-0.2, 0) is 0 Å². The SMILES string of the molecule is CC.CC.Cc1ccc2c(c1)N(C)CCN2C. The molecule has 0 atom stereocenters. The molecule has 0 radical (unpaired) electrons. The number of hydrogen-bond acceptors (Lipinski definition) is 2. The van der Waals surface area contributed by atoms with Gasteiger partial charge in [-0.3, -0.25) is 0 Å². The van der Waals surface area contributed by atoms with E-state index in [2.05, 4.69) is 49.0 Å². The van der Waals surface area contributed by atoms with Gasteiger partial charge in [0, 0.05) is 27.2 Å². The van der Waals surface area contributed by atoms with E-state index in [4.69, 9.17) is 0 Å². The Morgan fingerprint density at radius 2 is 1.29 bits per heavy atom. The summed E-state index contributed by atoms with van der Waals surface area (Å²) in [6.07, 6.45) is 0. The van der Waals surface area contributed by atoms with E-state index < -0.39 is 0 Å². The number of nitrogens with zero attached hydrogens (tertiary/aromatic N) is 2. The number of likely N-dealkylation sites (N-methyl/N-ethyl adjacent to an activating group) is 2. The van der Waals surface area contributed by atoms with Gasteiger partial charge in [0.15, 0.2) is 0 Å². The van der Waals surface area contributed by atoms with Gasteiger partial charge in [-0.2, -0.15) is 0 Å². The second-order valence-corrected chi connectivity index (χ2v) is 3.84. The molecule has 2 heteroatoms. The lowest BCUT2D eigenvalue weighted by Gasteiger charge is -2.34. The lowest BCUT2D eigenvalue weighted by atomic mass is 10.1. The first-order valence-corrected chi connectivity index (χ1v) is 6.71. The van der Waals surface area contributed by atoms with Crippen LogP contribution < -0.4 is 9.80 Å². The van der Waals surface area contributed by atoms with Crippen LogP contribution in [-0.4, -0.2) is 27.2 Å². The highest BCUT2D eigenvalue weighted by Crippen LogP contribution is 2.31. The first-order chi connectivity index (χ1) is 8.18. The smallest absolute Gasteiger partial charge is 0.0604 e. The topological polar surface area (TPSA) is 6.48 Å². The van der Waals surface area contributed by atoms with Crippen molar-refractivity contribution in [3.05, 3.63) is 23.8 Å². The molecule has 1 aliphatic rings. The minimum Gasteiger partial charge on any atom is -0.371 e. The molecule has 0 amide bonds. The molecule has 1 aromatic rings. The van der Waals surface area contributed by atoms with Crippen molar-refractivity contribution in [3.63, 3.8) is 0 Å². The number of rotatable bonds is 0. The minimum absolute atomic E-state index is 1.12. The zero-order valence-corrected chi connectivity index (χ0v) is 12.5. The molecule has 0 aliphatic carbocycles. The number of benzene rings is 1. The van der Waals surface area contributed by atoms with Gasteiger partial charge in [-0.15, -0.1) is 0 Å². The number of fused-ring (bicyclic) bond motifs is 1. The van der Waals surface area contributed by atoms with Crippen molar-refractivity contribution in [1.82, 2.24) is 0 Å². The van der Waals surface area contributed by atoms with Gasteiger partial charge < -0.3 is 9.80 Å². The van der Waals surface area contributed by atoms with E-state index in [0.717, 1.165) is 13.1 Å². The molecule has 0 saturated heterocycles. The molecule has 0 saturated carbocycles. The summed E-state index contributed by atoms with van der Waals surface area (Å²) >= 11 is 0. The van der Waals surface area contributed by atoms with Gasteiger partial charge in [0.2, 0.25) is 0 Å². The molecular weight excluding hydrogens is 208 g/mol. The van der Waals surface area contributed by atoms with E-state index >= 15 is 0 Å². The largest absolute Gasteiger partial charge is 0.371 e. The Bertz CT molecular complexity index is 321. The summed E-state index contributed by atoms with van der Waals surface area (Å²) in [5.41, 5.74) is 4.04. The monoisotopic (exact) mass is 236 g/mol. The molecule has 0 fully saturated rings. The number of aryl methyl sites for hydroxylation is 1. The van der Waals surface area contributed by atoms with Crippen LogP contribution in [0.15, 0.2) is 18.2 Å². The zero-order chi connectivity index (χ0) is 13.4. The highest BCUT2D eigenvalue weighted by Gasteiger charge is 2.16. The fourth-order valence-electron chi connectivity index (χ4n) is 1.80. The standard InChI is InChI=1S/C11H16N2.2C2H6/c1-9-4-5-10-11(8-9)13(3)7-6-12(10)2;2*1-2/h4-5,8H,6-7H2,1-3H3;2*1-2H3. The Morgan fingerprint density at radius 3 is 1.82 bits per heavy atom. The summed E-state index contributed by atoms with van der Waals surface area (Å²) in [7, 11) is 4.31. The minimum atomic E-state index is 1.12. The molecule has 1 heterocycles. The van der Waals surface area contributed by atoms with Gasteiger partial charge in [0.25, 0.3) is 0 Å². The maximum absolute atomic E-state index is 2.32. The second kappa shape index (κ2) is 7.99. The van der Waals surface area contributed by atoms with Crippen LogP contribution >= 0.6 is 0 Å². The van der Waals surface area contributed by atoms with Crippen LogP contribution in [0.2, 0.25) is 0 Å². The van der Waals surface area contributed by atoms with Crippen molar-refractivity contribution in [2.24, 2.45) is 0 Å². The quantitative estimate of drug-likeness (QED) is 0.673. The lowest BCUT2D eigenvalue weighted by molar-refractivity contribution is 0.797. The Morgan fingerprint density at radius 1 is 0.824 bits per heavy atom. The fraction of sp³-hybridized carbons (Fsp3) is 0.600. The van der Waals surface area contributed by atoms with Crippen molar-refractivity contribution in [2.75, 3.05) is 37.0 Å². The Hall–Kier alpha value is -1.18. The van der Waals surface area contributed by atoms with Crippen molar-refractivity contribution < 1.29 is 0 Å². The van der Waals surface area contributed by atoms with Gasteiger partial charge in [-0.05, 0) is 24.6 Å². The highest BCUT2D eigenvalue weighted by atomic mass is 15.2. The van der Waals surface area contributed by atoms with Crippen molar-refractivity contribution in [3.8, 4) is 0 Å². The van der Waals surface area contributed by atoms with E-state index in [0.29, 0.717) is 0 Å². The third kappa shape index (κ3) is 3.95. The molecule has 0 bridgehead atoms. The Balaban J connectivity index is 0.000000581. The molecule has 1 aromatic carbocycles. The normalized spacial score (nSPS) is 12.9. The molecule has 2 rings (SSSR count). The average molecular weight is 236 g/mol. The first-order valence-electron chi connectivity index (χ1n) is 6.71. The summed E-state index contributed by atoms with van der Waals surface area (Å²) < 4.78 is 0. The average Bonchev–Trinajstić information content (AvgIpc) is 2.39. The van der Waals surface area contributed by atoms with Gasteiger partial charge in [-0.1, -0.05) is 33.8 Å². The molecule has 0 unspecified atom stereocenters. The van der Waals surface area contributed by atoms with Gasteiger partial charge in [0.1, 0.15) is 0 Å². The van der Waals surface area contributed by atoms with Crippen molar-refractivity contribution in [2.45, 2.75) is 34.6 Å². The first kappa shape index (κ1) is 15.8. The third-order valence-electron chi connectivity index (χ3n) is 2.72. The molecule has 0 N–H and O–H groups in total. The molecule has 1 aliphatic heterocycles. The molecule has 0 aromatic heterocycles. The maximum atomic E-state index is 2.32. The lowest BCUT2D eigenvalue weighted by Crippen LogP contribution is -2.36. The Kier molecular flexibility index (Phi) is 7.44. The summed E-state index contributed by atoms with van der Waals surface area (Å²) in [6, 6.07) is 6.64. The van der Waals surface area contributed by atoms with E-state index in [9.17, 15) is 0 Å². The van der Waals surface area contributed by atoms with Gasteiger partial charge in [-0.25, -0.2) is 0 Å². The van der Waals surface area contributed by atoms with E-state index in [1.807, 2.05) is 27.7 Å². The van der Waals surface area contributed by atoms with Crippen molar-refractivity contribution in [1.29, 1.82) is 0 Å². The molecular formula is C15H28N2. The van der Waals surface area contributed by atoms with Crippen molar-refractivity contribution >= 4 is 11.4 Å². The third-order valence-corrected chi connectivity index (χ3v) is 2.72. The van der Waals surface area contributed by atoms with Crippen LogP contribution in [0.25, 0.3) is 0 Å². The van der Waals surface area contributed by atoms with E-state index in [-0.39, 0.29) is 0 Å². The second-order valence-electron chi connectivity index (χ2n) is 3.84. The van der Waals surface area contributed by atoms with Crippen LogP contribution in [0, 0.1) is 6.92 Å². The highest BCUT2D eigenvalue weighted by molar-refractivity contribution is 5.73. The van der Waals surface area contributed by atoms with Gasteiger partial charge in [0.05, 0.1) is 11.4 Å². The Labute approximate surface area is 107 Å². The number of anilines is 2. The molecule has 0 spiro atoms. The van der Waals surface area contributed by atoms with Crippen LogP contribution in [0.4, 0.5) is 11.4 Å². The fourth-order valence-corrected chi connectivity index (χ4v) is 1.80. The summed E-state index contributed by atoms with van der Waals surface area (Å²) in [5.74, 6) is 0. The van der Waals surface area contributed by atoms with E-state index in [1.165, 1.54) is 16.9 Å². The van der Waals surface area contributed by atoms with Gasteiger partial charge >= 0.3 is 0 Å². The van der Waals surface area contributed by atoms with Crippen LogP contribution in [0.5, 0.6) is 0 Å².